The summed E-state index contributed by atoms with van der Waals surface area (Å²) in [7, 11) is 1.83. The molecule has 0 atom stereocenters. The van der Waals surface area contributed by atoms with E-state index in [0.29, 0.717) is 23.3 Å². The van der Waals surface area contributed by atoms with E-state index in [1.165, 1.54) is 6.26 Å². The Morgan fingerprint density at radius 3 is 2.70 bits per heavy atom. The number of oxazole rings is 1. The number of piperidine rings is 1. The quantitative estimate of drug-likeness (QED) is 0.416. The van der Waals surface area contributed by atoms with Gasteiger partial charge in [-0.05, 0) is 58.0 Å². The zero-order valence-corrected chi connectivity index (χ0v) is 19.1. The number of aryl methyl sites for hydroxylation is 1. The monoisotopic (exact) mass is 445 g/mol. The Balaban J connectivity index is 1.29. The van der Waals surface area contributed by atoms with Gasteiger partial charge < -0.3 is 9.32 Å². The fraction of sp³-hybridized carbons (Fsp3) is 0.417. The largest absolute Gasteiger partial charge is 0.448 e. The first-order valence-corrected chi connectivity index (χ1v) is 11.3. The van der Waals surface area contributed by atoms with E-state index in [1.54, 1.807) is 4.68 Å². The molecule has 1 fully saturated rings. The lowest BCUT2D eigenvalue weighted by atomic mass is 9.96. The van der Waals surface area contributed by atoms with Crippen LogP contribution in [0.4, 0.5) is 0 Å². The first-order chi connectivity index (χ1) is 16.0. The number of fused-ring (bicyclic) bond motifs is 1. The van der Waals surface area contributed by atoms with E-state index in [9.17, 15) is 4.79 Å². The Morgan fingerprint density at radius 2 is 1.97 bits per heavy atom. The number of aromatic nitrogens is 6. The molecular formula is C24H27N7O2. The van der Waals surface area contributed by atoms with E-state index in [-0.39, 0.29) is 18.1 Å². The van der Waals surface area contributed by atoms with Crippen molar-refractivity contribution in [2.75, 3.05) is 13.1 Å². The van der Waals surface area contributed by atoms with Gasteiger partial charge in [0.05, 0.1) is 23.8 Å². The van der Waals surface area contributed by atoms with E-state index >= 15 is 0 Å². The highest BCUT2D eigenvalue weighted by Gasteiger charge is 2.26. The van der Waals surface area contributed by atoms with Gasteiger partial charge in [-0.3, -0.25) is 9.48 Å². The minimum atomic E-state index is -0.122. The molecular weight excluding hydrogens is 418 g/mol. The standard InChI is InChI=1S/C24H27N7O2/c1-15(2)31-8-6-16(7-9-31)24-25-22(14-33-24)23(32)12-19-11-18-10-17(4-5-20(18)27-26-19)21-13-30(3)29-28-21/h4-5,10-11,13-16H,6-9,12H2,1-3H3. The molecule has 0 aliphatic carbocycles. The zero-order chi connectivity index (χ0) is 22.9. The summed E-state index contributed by atoms with van der Waals surface area (Å²) in [6.45, 7) is 6.48. The minimum absolute atomic E-state index is 0.121. The number of ketones is 1. The van der Waals surface area contributed by atoms with Gasteiger partial charge in [0.1, 0.15) is 17.7 Å². The molecule has 0 N–H and O–H groups in total. The summed E-state index contributed by atoms with van der Waals surface area (Å²) in [6, 6.07) is 8.26. The van der Waals surface area contributed by atoms with Gasteiger partial charge in [-0.1, -0.05) is 11.3 Å². The predicted molar refractivity (Wildman–Crippen MR) is 123 cm³/mol. The van der Waals surface area contributed by atoms with Crippen LogP contribution in [-0.4, -0.2) is 60.0 Å². The number of Topliss-reactive ketones (excluding diaryl/α,β-unsaturated/α-hetero) is 1. The minimum Gasteiger partial charge on any atom is -0.448 e. The van der Waals surface area contributed by atoms with Crippen LogP contribution < -0.4 is 0 Å². The first-order valence-electron chi connectivity index (χ1n) is 11.3. The van der Waals surface area contributed by atoms with Crippen molar-refractivity contribution in [3.8, 4) is 11.3 Å². The first kappa shape index (κ1) is 21.4. The van der Waals surface area contributed by atoms with Crippen LogP contribution in [0, 0.1) is 0 Å². The molecule has 0 bridgehead atoms. The number of likely N-dealkylation sites (tertiary alicyclic amines) is 1. The Labute approximate surface area is 191 Å². The number of benzene rings is 1. The van der Waals surface area contributed by atoms with Crippen LogP contribution >= 0.6 is 0 Å². The number of hydrogen-bond acceptors (Lipinski definition) is 8. The lowest BCUT2D eigenvalue weighted by molar-refractivity contribution is 0.0987. The smallest absolute Gasteiger partial charge is 0.197 e. The molecule has 9 heteroatoms. The van der Waals surface area contributed by atoms with Gasteiger partial charge in [0.2, 0.25) is 0 Å². The van der Waals surface area contributed by atoms with Crippen molar-refractivity contribution in [2.45, 2.75) is 45.1 Å². The van der Waals surface area contributed by atoms with Crippen molar-refractivity contribution in [1.82, 2.24) is 35.1 Å². The number of hydrogen-bond donors (Lipinski definition) is 0. The summed E-state index contributed by atoms with van der Waals surface area (Å²) in [4.78, 5) is 19.8. The molecule has 0 spiro atoms. The fourth-order valence-electron chi connectivity index (χ4n) is 4.33. The van der Waals surface area contributed by atoms with E-state index in [0.717, 1.165) is 48.1 Å². The molecule has 5 rings (SSSR count). The van der Waals surface area contributed by atoms with Crippen LogP contribution in [0.1, 0.15) is 54.7 Å². The lowest BCUT2D eigenvalue weighted by Gasteiger charge is -2.33. The Hall–Kier alpha value is -3.46. The maximum atomic E-state index is 12.9. The van der Waals surface area contributed by atoms with Crippen LogP contribution in [0.3, 0.4) is 0 Å². The number of carbonyl (C=O) groups is 1. The molecule has 9 nitrogen and oxygen atoms in total. The van der Waals surface area contributed by atoms with E-state index in [1.807, 2.05) is 37.5 Å². The van der Waals surface area contributed by atoms with Crippen molar-refractivity contribution >= 4 is 16.7 Å². The Bertz CT molecular complexity index is 1280. The molecule has 1 aromatic carbocycles. The third-order valence-electron chi connectivity index (χ3n) is 6.29. The van der Waals surface area contributed by atoms with E-state index in [4.69, 9.17) is 4.42 Å². The average molecular weight is 446 g/mol. The van der Waals surface area contributed by atoms with Crippen LogP contribution in [0.15, 0.2) is 41.1 Å². The second-order valence-corrected chi connectivity index (χ2v) is 8.96. The molecule has 0 unspecified atom stereocenters. The molecule has 1 aliphatic rings. The molecule has 170 valence electrons. The number of nitrogens with zero attached hydrogens (tertiary/aromatic N) is 7. The third-order valence-corrected chi connectivity index (χ3v) is 6.29. The summed E-state index contributed by atoms with van der Waals surface area (Å²) in [5.41, 5.74) is 3.43. The van der Waals surface area contributed by atoms with Gasteiger partial charge >= 0.3 is 0 Å². The van der Waals surface area contributed by atoms with Gasteiger partial charge in [-0.2, -0.15) is 10.2 Å². The summed E-state index contributed by atoms with van der Waals surface area (Å²) in [5, 5.41) is 17.6. The fourth-order valence-corrected chi connectivity index (χ4v) is 4.33. The summed E-state index contributed by atoms with van der Waals surface area (Å²) >= 11 is 0. The lowest BCUT2D eigenvalue weighted by Crippen LogP contribution is -2.37. The molecule has 33 heavy (non-hydrogen) atoms. The van der Waals surface area contributed by atoms with E-state index in [2.05, 4.69) is 44.2 Å². The average Bonchev–Trinajstić information content (AvgIpc) is 3.48. The third kappa shape index (κ3) is 4.54. The SMILES string of the molecule is CC(C)N1CCC(c2nc(C(=O)Cc3cc4cc(-c5cn(C)nn5)ccc4nn3)co2)CC1. The predicted octanol–water partition coefficient (Wildman–Crippen LogP) is 3.43. The van der Waals surface area contributed by atoms with Crippen LogP contribution in [0.2, 0.25) is 0 Å². The molecule has 4 aromatic rings. The molecule has 1 aliphatic heterocycles. The molecule has 0 saturated carbocycles. The van der Waals surface area contributed by atoms with Crippen molar-refractivity contribution in [1.29, 1.82) is 0 Å². The van der Waals surface area contributed by atoms with Crippen LogP contribution in [-0.2, 0) is 13.5 Å². The second-order valence-electron chi connectivity index (χ2n) is 8.96. The highest BCUT2D eigenvalue weighted by molar-refractivity contribution is 5.95. The zero-order valence-electron chi connectivity index (χ0n) is 19.1. The second kappa shape index (κ2) is 8.82. The number of rotatable bonds is 6. The topological polar surface area (TPSA) is 103 Å². The van der Waals surface area contributed by atoms with Crippen molar-refractivity contribution in [2.24, 2.45) is 7.05 Å². The molecule has 4 heterocycles. The van der Waals surface area contributed by atoms with Gasteiger partial charge in [0.15, 0.2) is 11.7 Å². The highest BCUT2D eigenvalue weighted by atomic mass is 16.3. The molecule has 0 radical (unpaired) electrons. The van der Waals surface area contributed by atoms with Crippen LogP contribution in [0.25, 0.3) is 22.2 Å². The maximum absolute atomic E-state index is 12.9. The Kier molecular flexibility index (Phi) is 5.72. The van der Waals surface area contributed by atoms with Crippen LogP contribution in [0.5, 0.6) is 0 Å². The number of carbonyl (C=O) groups excluding carboxylic acids is 1. The summed E-state index contributed by atoms with van der Waals surface area (Å²) < 4.78 is 7.36. The maximum Gasteiger partial charge on any atom is 0.197 e. The van der Waals surface area contributed by atoms with Gasteiger partial charge in [0.25, 0.3) is 0 Å². The van der Waals surface area contributed by atoms with Crippen molar-refractivity contribution < 1.29 is 9.21 Å². The van der Waals surface area contributed by atoms with E-state index < -0.39 is 0 Å². The summed E-state index contributed by atoms with van der Waals surface area (Å²) in [6.07, 6.45) is 5.45. The molecule has 3 aromatic heterocycles. The summed E-state index contributed by atoms with van der Waals surface area (Å²) in [5.74, 6) is 0.810. The van der Waals surface area contributed by atoms with Gasteiger partial charge in [0, 0.05) is 30.0 Å². The van der Waals surface area contributed by atoms with Gasteiger partial charge in [-0.25, -0.2) is 4.98 Å². The Morgan fingerprint density at radius 1 is 1.15 bits per heavy atom. The highest BCUT2D eigenvalue weighted by Crippen LogP contribution is 2.28. The molecule has 1 saturated heterocycles. The van der Waals surface area contributed by atoms with Crippen molar-refractivity contribution in [3.05, 3.63) is 54.0 Å². The van der Waals surface area contributed by atoms with Crippen molar-refractivity contribution in [3.63, 3.8) is 0 Å². The van der Waals surface area contributed by atoms with Gasteiger partial charge in [-0.15, -0.1) is 5.10 Å². The molecule has 0 amide bonds. The normalized spacial score (nSPS) is 15.5.